The SMILES string of the molecule is Cc1cc(C)c(C(=N)N)c(OCCOC(C)C)n1. The lowest BCUT2D eigenvalue weighted by atomic mass is 10.1. The normalized spacial score (nSPS) is 10.7. The summed E-state index contributed by atoms with van der Waals surface area (Å²) < 4.78 is 10.9. The topological polar surface area (TPSA) is 81.2 Å². The number of hydrogen-bond acceptors (Lipinski definition) is 4. The summed E-state index contributed by atoms with van der Waals surface area (Å²) in [6, 6.07) is 1.88. The largest absolute Gasteiger partial charge is 0.475 e. The molecule has 1 aromatic rings. The van der Waals surface area contributed by atoms with E-state index in [0.717, 1.165) is 11.3 Å². The lowest BCUT2D eigenvalue weighted by Crippen LogP contribution is -2.18. The Morgan fingerprint density at radius 1 is 1.39 bits per heavy atom. The van der Waals surface area contributed by atoms with Crippen LogP contribution < -0.4 is 10.5 Å². The minimum atomic E-state index is -0.0280. The van der Waals surface area contributed by atoms with Gasteiger partial charge in [0.05, 0.1) is 18.3 Å². The monoisotopic (exact) mass is 251 g/mol. The number of pyridine rings is 1. The van der Waals surface area contributed by atoms with Crippen LogP contribution in [0.2, 0.25) is 0 Å². The van der Waals surface area contributed by atoms with E-state index in [1.165, 1.54) is 0 Å². The number of aryl methyl sites for hydroxylation is 2. The van der Waals surface area contributed by atoms with E-state index in [1.807, 2.05) is 33.8 Å². The third kappa shape index (κ3) is 4.00. The Balaban J connectivity index is 2.77. The lowest BCUT2D eigenvalue weighted by Gasteiger charge is -2.13. The molecule has 0 radical (unpaired) electrons. The van der Waals surface area contributed by atoms with Gasteiger partial charge in [0.1, 0.15) is 12.4 Å². The van der Waals surface area contributed by atoms with E-state index >= 15 is 0 Å². The first-order chi connectivity index (χ1) is 8.41. The molecule has 1 rings (SSSR count). The summed E-state index contributed by atoms with van der Waals surface area (Å²) in [5.74, 6) is 0.382. The molecule has 0 amide bonds. The van der Waals surface area contributed by atoms with Crippen LogP contribution in [0.25, 0.3) is 0 Å². The molecular formula is C13H21N3O2. The van der Waals surface area contributed by atoms with Gasteiger partial charge in [0.15, 0.2) is 0 Å². The molecule has 5 nitrogen and oxygen atoms in total. The minimum absolute atomic E-state index is 0.0280. The Hall–Kier alpha value is -1.62. The summed E-state index contributed by atoms with van der Waals surface area (Å²) >= 11 is 0. The summed E-state index contributed by atoms with van der Waals surface area (Å²) in [5.41, 5.74) is 7.85. The molecule has 0 aliphatic heterocycles. The predicted octanol–water partition coefficient (Wildman–Crippen LogP) is 1.79. The molecule has 0 aliphatic carbocycles. The quantitative estimate of drug-likeness (QED) is 0.459. The second-order valence-electron chi connectivity index (χ2n) is 4.44. The van der Waals surface area contributed by atoms with Crippen molar-refractivity contribution < 1.29 is 9.47 Å². The van der Waals surface area contributed by atoms with Gasteiger partial charge in [-0.2, -0.15) is 0 Å². The second kappa shape index (κ2) is 6.35. The molecule has 0 unspecified atom stereocenters. The van der Waals surface area contributed by atoms with Crippen molar-refractivity contribution in [1.29, 1.82) is 5.41 Å². The average Bonchev–Trinajstić information content (AvgIpc) is 2.22. The highest BCUT2D eigenvalue weighted by Crippen LogP contribution is 2.20. The van der Waals surface area contributed by atoms with E-state index in [2.05, 4.69) is 4.98 Å². The van der Waals surface area contributed by atoms with Crippen LogP contribution in [0.5, 0.6) is 5.88 Å². The number of amidine groups is 1. The standard InChI is InChI=1S/C13H21N3O2/c1-8(2)17-5-6-18-13-11(12(14)15)9(3)7-10(4)16-13/h7-8H,5-6H2,1-4H3,(H3,14,15). The van der Waals surface area contributed by atoms with Crippen molar-refractivity contribution in [3.8, 4) is 5.88 Å². The van der Waals surface area contributed by atoms with Gasteiger partial charge in [-0.3, -0.25) is 5.41 Å². The van der Waals surface area contributed by atoms with Gasteiger partial charge < -0.3 is 15.2 Å². The molecule has 18 heavy (non-hydrogen) atoms. The first-order valence-electron chi connectivity index (χ1n) is 5.99. The van der Waals surface area contributed by atoms with Crippen LogP contribution >= 0.6 is 0 Å². The fraction of sp³-hybridized carbons (Fsp3) is 0.538. The maximum atomic E-state index is 7.56. The number of ether oxygens (including phenoxy) is 2. The van der Waals surface area contributed by atoms with E-state index in [0.29, 0.717) is 24.7 Å². The Labute approximate surface area is 108 Å². The molecule has 5 heteroatoms. The molecule has 0 spiro atoms. The molecule has 1 heterocycles. The third-order valence-corrected chi connectivity index (χ3v) is 2.35. The van der Waals surface area contributed by atoms with E-state index in [1.54, 1.807) is 0 Å². The molecule has 0 aromatic carbocycles. The van der Waals surface area contributed by atoms with Crippen molar-refractivity contribution in [2.24, 2.45) is 5.73 Å². The smallest absolute Gasteiger partial charge is 0.225 e. The summed E-state index contributed by atoms with van der Waals surface area (Å²) in [7, 11) is 0. The summed E-state index contributed by atoms with van der Waals surface area (Å²) in [6.07, 6.45) is 0.174. The number of nitrogens with zero attached hydrogens (tertiary/aromatic N) is 1. The molecule has 0 atom stereocenters. The van der Waals surface area contributed by atoms with Gasteiger partial charge in [-0.25, -0.2) is 4.98 Å². The number of nitrogens with one attached hydrogen (secondary N) is 1. The third-order valence-electron chi connectivity index (χ3n) is 2.35. The zero-order chi connectivity index (χ0) is 13.7. The Kier molecular flexibility index (Phi) is 5.09. The molecule has 3 N–H and O–H groups in total. The van der Waals surface area contributed by atoms with Crippen LogP contribution in [-0.4, -0.2) is 30.1 Å². The average molecular weight is 251 g/mol. The number of rotatable bonds is 6. The summed E-state index contributed by atoms with van der Waals surface area (Å²) in [5, 5.41) is 7.56. The highest BCUT2D eigenvalue weighted by atomic mass is 16.5. The van der Waals surface area contributed by atoms with Gasteiger partial charge in [-0.15, -0.1) is 0 Å². The number of nitrogen functional groups attached to an aromatic ring is 1. The lowest BCUT2D eigenvalue weighted by molar-refractivity contribution is 0.0541. The van der Waals surface area contributed by atoms with Crippen LogP contribution in [0.15, 0.2) is 6.07 Å². The summed E-state index contributed by atoms with van der Waals surface area (Å²) in [4.78, 5) is 4.27. The molecule has 0 aliphatic rings. The van der Waals surface area contributed by atoms with Crippen LogP contribution in [0.3, 0.4) is 0 Å². The molecule has 0 saturated carbocycles. The van der Waals surface area contributed by atoms with Crippen molar-refractivity contribution >= 4 is 5.84 Å². The van der Waals surface area contributed by atoms with Gasteiger partial charge in [-0.1, -0.05) is 0 Å². The van der Waals surface area contributed by atoms with E-state index in [4.69, 9.17) is 20.6 Å². The van der Waals surface area contributed by atoms with E-state index in [9.17, 15) is 0 Å². The Morgan fingerprint density at radius 2 is 2.06 bits per heavy atom. The van der Waals surface area contributed by atoms with Gasteiger partial charge in [-0.05, 0) is 39.3 Å². The van der Waals surface area contributed by atoms with Crippen molar-refractivity contribution in [3.63, 3.8) is 0 Å². The highest BCUT2D eigenvalue weighted by Gasteiger charge is 2.12. The highest BCUT2D eigenvalue weighted by molar-refractivity contribution is 5.98. The first kappa shape index (κ1) is 14.4. The van der Waals surface area contributed by atoms with Crippen molar-refractivity contribution in [2.75, 3.05) is 13.2 Å². The fourth-order valence-electron chi connectivity index (χ4n) is 1.66. The Bertz CT molecular complexity index is 430. The van der Waals surface area contributed by atoms with Gasteiger partial charge in [0, 0.05) is 5.69 Å². The van der Waals surface area contributed by atoms with Gasteiger partial charge >= 0.3 is 0 Å². The van der Waals surface area contributed by atoms with Crippen LogP contribution in [0.4, 0.5) is 0 Å². The van der Waals surface area contributed by atoms with E-state index < -0.39 is 0 Å². The van der Waals surface area contributed by atoms with Crippen molar-refractivity contribution in [2.45, 2.75) is 33.8 Å². The first-order valence-corrected chi connectivity index (χ1v) is 5.99. The van der Waals surface area contributed by atoms with Crippen LogP contribution in [0.1, 0.15) is 30.7 Å². The maximum Gasteiger partial charge on any atom is 0.225 e. The predicted molar refractivity (Wildman–Crippen MR) is 71.3 cm³/mol. The molecule has 100 valence electrons. The molecule has 1 aromatic heterocycles. The number of aromatic nitrogens is 1. The van der Waals surface area contributed by atoms with Crippen LogP contribution in [-0.2, 0) is 4.74 Å². The zero-order valence-electron chi connectivity index (χ0n) is 11.4. The fourth-order valence-corrected chi connectivity index (χ4v) is 1.66. The molecule has 0 saturated heterocycles. The van der Waals surface area contributed by atoms with Crippen molar-refractivity contribution in [1.82, 2.24) is 4.98 Å². The number of nitrogens with two attached hydrogens (primary N) is 1. The zero-order valence-corrected chi connectivity index (χ0v) is 11.4. The van der Waals surface area contributed by atoms with E-state index in [-0.39, 0.29) is 11.9 Å². The molecule has 0 bridgehead atoms. The van der Waals surface area contributed by atoms with Gasteiger partial charge in [0.25, 0.3) is 0 Å². The second-order valence-corrected chi connectivity index (χ2v) is 4.44. The maximum absolute atomic E-state index is 7.56. The van der Waals surface area contributed by atoms with Crippen LogP contribution in [0, 0.1) is 19.3 Å². The number of hydrogen-bond donors (Lipinski definition) is 2. The minimum Gasteiger partial charge on any atom is -0.475 e. The van der Waals surface area contributed by atoms with Crippen molar-refractivity contribution in [3.05, 3.63) is 22.9 Å². The Morgan fingerprint density at radius 3 is 2.61 bits per heavy atom. The summed E-state index contributed by atoms with van der Waals surface area (Å²) in [6.45, 7) is 8.60. The van der Waals surface area contributed by atoms with Gasteiger partial charge in [0.2, 0.25) is 5.88 Å². The molecular weight excluding hydrogens is 230 g/mol. The molecule has 0 fully saturated rings.